The van der Waals surface area contributed by atoms with Gasteiger partial charge in [-0.15, -0.1) is 0 Å². The molecule has 0 spiro atoms. The number of hydrogen-bond acceptors (Lipinski definition) is 1. The van der Waals surface area contributed by atoms with Crippen molar-refractivity contribution in [1.82, 2.24) is 0 Å². The predicted molar refractivity (Wildman–Crippen MR) is 74.4 cm³/mol. The molecule has 0 heterocycles. The molecule has 0 saturated heterocycles. The van der Waals surface area contributed by atoms with E-state index in [4.69, 9.17) is 0 Å². The Labute approximate surface area is 106 Å². The van der Waals surface area contributed by atoms with Gasteiger partial charge >= 0.3 is 0 Å². The van der Waals surface area contributed by atoms with Crippen LogP contribution in [0.15, 0.2) is 24.3 Å². The fourth-order valence-corrected chi connectivity index (χ4v) is 2.28. The van der Waals surface area contributed by atoms with Gasteiger partial charge in [-0.1, -0.05) is 53.7 Å². The van der Waals surface area contributed by atoms with Gasteiger partial charge in [-0.2, -0.15) is 0 Å². The van der Waals surface area contributed by atoms with E-state index in [1.54, 1.807) is 6.07 Å². The summed E-state index contributed by atoms with van der Waals surface area (Å²) in [5.41, 5.74) is 1.75. The molecular formula is C16H26O. The SMILES string of the molecule is CC(C)(C)CC(c1cccc(O)c1)C(C)(C)C. The van der Waals surface area contributed by atoms with Gasteiger partial charge in [0.15, 0.2) is 0 Å². The van der Waals surface area contributed by atoms with E-state index < -0.39 is 0 Å². The van der Waals surface area contributed by atoms with Crippen molar-refractivity contribution in [3.05, 3.63) is 29.8 Å². The second-order valence-corrected chi connectivity index (χ2v) is 7.28. The van der Waals surface area contributed by atoms with Crippen LogP contribution >= 0.6 is 0 Å². The molecule has 1 heteroatoms. The van der Waals surface area contributed by atoms with Gasteiger partial charge in [-0.3, -0.25) is 0 Å². The molecule has 1 rings (SSSR count). The minimum atomic E-state index is 0.209. The summed E-state index contributed by atoms with van der Waals surface area (Å²) in [5.74, 6) is 0.834. The van der Waals surface area contributed by atoms with Crippen molar-refractivity contribution in [3.8, 4) is 5.75 Å². The minimum absolute atomic E-state index is 0.209. The van der Waals surface area contributed by atoms with Gasteiger partial charge in [0.25, 0.3) is 0 Å². The molecule has 0 amide bonds. The van der Waals surface area contributed by atoms with Crippen molar-refractivity contribution in [3.63, 3.8) is 0 Å². The third-order valence-corrected chi connectivity index (χ3v) is 3.13. The van der Waals surface area contributed by atoms with Crippen LogP contribution in [0.4, 0.5) is 0 Å². The van der Waals surface area contributed by atoms with Crippen LogP contribution in [-0.2, 0) is 0 Å². The summed E-state index contributed by atoms with van der Waals surface area (Å²) < 4.78 is 0. The molecule has 1 aromatic carbocycles. The molecule has 1 aromatic rings. The van der Waals surface area contributed by atoms with Crippen LogP contribution in [0, 0.1) is 10.8 Å². The molecule has 1 atom stereocenters. The highest BCUT2D eigenvalue weighted by Gasteiger charge is 2.30. The van der Waals surface area contributed by atoms with E-state index in [0.29, 0.717) is 17.1 Å². The Hall–Kier alpha value is -0.980. The molecule has 0 aromatic heterocycles. The minimum Gasteiger partial charge on any atom is -0.508 e. The van der Waals surface area contributed by atoms with Crippen molar-refractivity contribution in [2.45, 2.75) is 53.9 Å². The summed E-state index contributed by atoms with van der Waals surface area (Å²) in [4.78, 5) is 0. The Morgan fingerprint density at radius 2 is 1.65 bits per heavy atom. The average molecular weight is 234 g/mol. The standard InChI is InChI=1S/C16H26O/c1-15(2,3)11-14(16(4,5)6)12-8-7-9-13(17)10-12/h7-10,14,17H,11H2,1-6H3. The summed E-state index contributed by atoms with van der Waals surface area (Å²) in [5, 5.41) is 9.63. The van der Waals surface area contributed by atoms with E-state index in [-0.39, 0.29) is 5.41 Å². The topological polar surface area (TPSA) is 20.2 Å². The highest BCUT2D eigenvalue weighted by atomic mass is 16.3. The van der Waals surface area contributed by atoms with Gasteiger partial charge in [-0.25, -0.2) is 0 Å². The molecular weight excluding hydrogens is 208 g/mol. The van der Waals surface area contributed by atoms with Gasteiger partial charge in [0, 0.05) is 0 Å². The highest BCUT2D eigenvalue weighted by Crippen LogP contribution is 2.43. The van der Waals surface area contributed by atoms with Crippen LogP contribution in [0.3, 0.4) is 0 Å². The number of rotatable bonds is 2. The van der Waals surface area contributed by atoms with Crippen LogP contribution in [0.1, 0.15) is 59.4 Å². The second kappa shape index (κ2) is 4.72. The van der Waals surface area contributed by atoms with Crippen molar-refractivity contribution < 1.29 is 5.11 Å². The molecule has 0 saturated carbocycles. The van der Waals surface area contributed by atoms with Crippen LogP contribution in [0.25, 0.3) is 0 Å². The average Bonchev–Trinajstić information content (AvgIpc) is 2.11. The Kier molecular flexibility index (Phi) is 3.91. The number of benzene rings is 1. The molecule has 1 N–H and O–H groups in total. The summed E-state index contributed by atoms with van der Waals surface area (Å²) in [6.07, 6.45) is 1.12. The van der Waals surface area contributed by atoms with E-state index in [0.717, 1.165) is 6.42 Å². The Morgan fingerprint density at radius 3 is 2.06 bits per heavy atom. The lowest BCUT2D eigenvalue weighted by Gasteiger charge is -2.36. The molecule has 1 nitrogen and oxygen atoms in total. The van der Waals surface area contributed by atoms with Crippen molar-refractivity contribution in [2.24, 2.45) is 10.8 Å². The van der Waals surface area contributed by atoms with E-state index in [1.165, 1.54) is 5.56 Å². The Balaban J connectivity index is 3.07. The fourth-order valence-electron chi connectivity index (χ4n) is 2.28. The molecule has 0 fully saturated rings. The van der Waals surface area contributed by atoms with Gasteiger partial charge < -0.3 is 5.11 Å². The zero-order valence-corrected chi connectivity index (χ0v) is 12.0. The molecule has 96 valence electrons. The molecule has 0 aliphatic heterocycles. The summed E-state index contributed by atoms with van der Waals surface area (Å²) in [6.45, 7) is 13.6. The number of phenolic OH excluding ortho intramolecular Hbond substituents is 1. The van der Waals surface area contributed by atoms with E-state index >= 15 is 0 Å². The number of phenols is 1. The monoisotopic (exact) mass is 234 g/mol. The number of hydrogen-bond donors (Lipinski definition) is 1. The highest BCUT2D eigenvalue weighted by molar-refractivity contribution is 5.30. The molecule has 0 aliphatic carbocycles. The first kappa shape index (κ1) is 14.1. The number of aromatic hydroxyl groups is 1. The maximum Gasteiger partial charge on any atom is 0.115 e. The zero-order chi connectivity index (χ0) is 13.3. The van der Waals surface area contributed by atoms with Gasteiger partial charge in [-0.05, 0) is 40.9 Å². The van der Waals surface area contributed by atoms with Crippen molar-refractivity contribution in [1.29, 1.82) is 0 Å². The van der Waals surface area contributed by atoms with Gasteiger partial charge in [0.1, 0.15) is 5.75 Å². The molecule has 17 heavy (non-hydrogen) atoms. The first-order valence-corrected chi connectivity index (χ1v) is 6.38. The van der Waals surface area contributed by atoms with Crippen LogP contribution in [-0.4, -0.2) is 5.11 Å². The Bertz CT molecular complexity index is 366. The van der Waals surface area contributed by atoms with Crippen LogP contribution in [0.5, 0.6) is 5.75 Å². The first-order chi connectivity index (χ1) is 7.59. The summed E-state index contributed by atoms with van der Waals surface area (Å²) >= 11 is 0. The maximum absolute atomic E-state index is 9.63. The second-order valence-electron chi connectivity index (χ2n) is 7.28. The normalized spacial score (nSPS) is 14.7. The van der Waals surface area contributed by atoms with Crippen LogP contribution in [0.2, 0.25) is 0 Å². The largest absolute Gasteiger partial charge is 0.508 e. The maximum atomic E-state index is 9.63. The molecule has 1 unspecified atom stereocenters. The van der Waals surface area contributed by atoms with E-state index in [1.807, 2.05) is 12.1 Å². The lowest BCUT2D eigenvalue weighted by atomic mass is 9.69. The first-order valence-electron chi connectivity index (χ1n) is 6.38. The lowest BCUT2D eigenvalue weighted by Crippen LogP contribution is -2.23. The third kappa shape index (κ3) is 4.41. The molecule has 0 radical (unpaired) electrons. The smallest absolute Gasteiger partial charge is 0.115 e. The third-order valence-electron chi connectivity index (χ3n) is 3.13. The molecule has 0 bridgehead atoms. The van der Waals surface area contributed by atoms with E-state index in [9.17, 15) is 5.11 Å². The van der Waals surface area contributed by atoms with Crippen molar-refractivity contribution >= 4 is 0 Å². The Morgan fingerprint density at radius 1 is 1.06 bits per heavy atom. The van der Waals surface area contributed by atoms with E-state index in [2.05, 4.69) is 47.6 Å². The predicted octanol–water partition coefficient (Wildman–Crippen LogP) is 4.96. The summed E-state index contributed by atoms with van der Waals surface area (Å²) in [6, 6.07) is 7.70. The van der Waals surface area contributed by atoms with Crippen LogP contribution < -0.4 is 0 Å². The zero-order valence-electron chi connectivity index (χ0n) is 12.0. The lowest BCUT2D eigenvalue weighted by molar-refractivity contribution is 0.229. The fraction of sp³-hybridized carbons (Fsp3) is 0.625. The summed E-state index contributed by atoms with van der Waals surface area (Å²) in [7, 11) is 0. The van der Waals surface area contributed by atoms with Gasteiger partial charge in [0.2, 0.25) is 0 Å². The quantitative estimate of drug-likeness (QED) is 0.767. The van der Waals surface area contributed by atoms with Gasteiger partial charge in [0.05, 0.1) is 0 Å². The van der Waals surface area contributed by atoms with Crippen molar-refractivity contribution in [2.75, 3.05) is 0 Å². The molecule has 0 aliphatic rings.